The van der Waals surface area contributed by atoms with Crippen LogP contribution in [0.3, 0.4) is 0 Å². The van der Waals surface area contributed by atoms with Crippen LogP contribution in [-0.2, 0) is 4.79 Å². The van der Waals surface area contributed by atoms with Crippen LogP contribution in [0.25, 0.3) is 22.3 Å². The molecule has 35 heavy (non-hydrogen) atoms. The van der Waals surface area contributed by atoms with Crippen molar-refractivity contribution in [1.82, 2.24) is 24.6 Å². The lowest BCUT2D eigenvalue weighted by atomic mass is 9.93. The van der Waals surface area contributed by atoms with Gasteiger partial charge in [0.15, 0.2) is 17.2 Å². The molecular formula is C25H28FN7O2. The minimum Gasteiger partial charge on any atom is -0.494 e. The number of likely N-dealkylation sites (tertiary alicyclic amines) is 1. The first-order valence-electron chi connectivity index (χ1n) is 11.4. The zero-order chi connectivity index (χ0) is 25.3. The average molecular weight is 478 g/mol. The van der Waals surface area contributed by atoms with Crippen molar-refractivity contribution in [1.29, 1.82) is 5.26 Å². The standard InChI is InChI=1S/C25H28FN7O2/c1-25(2,3)11-16(12-27)24(34)32-9-5-6-17(13-32)33-23-20(22(28)29-14-30-23)21(31-33)15-7-8-18(26)19(10-15)35-4/h7-8,10-11,14,17H,5-6,9,13H2,1-4H3,(H2,28,29,30). The van der Waals surface area contributed by atoms with Crippen LogP contribution in [0.2, 0.25) is 0 Å². The van der Waals surface area contributed by atoms with Crippen molar-refractivity contribution in [3.8, 4) is 23.1 Å². The number of nitrogen functional groups attached to an aromatic ring is 1. The summed E-state index contributed by atoms with van der Waals surface area (Å²) in [6, 6.07) is 6.34. The number of amides is 1. The number of rotatable bonds is 4. The predicted octanol–water partition coefficient (Wildman–Crippen LogP) is 3.88. The second-order valence-corrected chi connectivity index (χ2v) is 9.68. The number of halogens is 1. The van der Waals surface area contributed by atoms with Crippen molar-refractivity contribution in [2.75, 3.05) is 25.9 Å². The van der Waals surface area contributed by atoms with Gasteiger partial charge in [-0.3, -0.25) is 4.79 Å². The molecule has 2 N–H and O–H groups in total. The third-order valence-corrected chi connectivity index (χ3v) is 5.90. The monoisotopic (exact) mass is 477 g/mol. The van der Waals surface area contributed by atoms with E-state index < -0.39 is 5.82 Å². The first-order chi connectivity index (χ1) is 16.6. The lowest BCUT2D eigenvalue weighted by Crippen LogP contribution is -2.41. The Morgan fingerprint density at radius 3 is 2.80 bits per heavy atom. The van der Waals surface area contributed by atoms with Crippen molar-refractivity contribution in [2.24, 2.45) is 5.41 Å². The number of nitrogens with two attached hydrogens (primary N) is 1. The van der Waals surface area contributed by atoms with E-state index in [9.17, 15) is 14.4 Å². The molecule has 4 rings (SSSR count). The maximum atomic E-state index is 14.0. The Hall–Kier alpha value is -4.00. The van der Waals surface area contributed by atoms with Gasteiger partial charge in [-0.2, -0.15) is 10.4 Å². The molecule has 0 saturated carbocycles. The number of carbonyl (C=O) groups is 1. The summed E-state index contributed by atoms with van der Waals surface area (Å²) in [6.07, 6.45) is 4.58. The smallest absolute Gasteiger partial charge is 0.264 e. The summed E-state index contributed by atoms with van der Waals surface area (Å²) in [4.78, 5) is 23.4. The zero-order valence-corrected chi connectivity index (χ0v) is 20.2. The van der Waals surface area contributed by atoms with Gasteiger partial charge in [0.05, 0.1) is 18.5 Å². The number of nitrogens with zero attached hydrogens (tertiary/aromatic N) is 6. The number of methoxy groups -OCH3 is 1. The van der Waals surface area contributed by atoms with Crippen LogP contribution >= 0.6 is 0 Å². The van der Waals surface area contributed by atoms with Crippen molar-refractivity contribution in [3.05, 3.63) is 42.0 Å². The minimum absolute atomic E-state index is 0.0877. The highest BCUT2D eigenvalue weighted by atomic mass is 19.1. The van der Waals surface area contributed by atoms with E-state index in [0.29, 0.717) is 35.4 Å². The van der Waals surface area contributed by atoms with E-state index in [-0.39, 0.29) is 34.5 Å². The van der Waals surface area contributed by atoms with Crippen LogP contribution in [0.15, 0.2) is 36.2 Å². The molecule has 2 aromatic heterocycles. The summed E-state index contributed by atoms with van der Waals surface area (Å²) in [6.45, 7) is 6.76. The summed E-state index contributed by atoms with van der Waals surface area (Å²) in [5.41, 5.74) is 7.69. The average Bonchev–Trinajstić information content (AvgIpc) is 3.23. The summed E-state index contributed by atoms with van der Waals surface area (Å²) >= 11 is 0. The second kappa shape index (κ2) is 9.33. The number of allylic oxidation sites excluding steroid dienone is 1. The number of piperidine rings is 1. The molecule has 1 unspecified atom stereocenters. The molecule has 3 aromatic rings. The highest BCUT2D eigenvalue weighted by Crippen LogP contribution is 2.35. The predicted molar refractivity (Wildman–Crippen MR) is 130 cm³/mol. The molecule has 1 aliphatic heterocycles. The molecule has 3 heterocycles. The third kappa shape index (κ3) is 4.80. The second-order valence-electron chi connectivity index (χ2n) is 9.68. The first-order valence-corrected chi connectivity index (χ1v) is 11.4. The van der Waals surface area contributed by atoms with Gasteiger partial charge in [-0.15, -0.1) is 0 Å². The number of anilines is 1. The lowest BCUT2D eigenvalue weighted by molar-refractivity contribution is -0.128. The van der Waals surface area contributed by atoms with Gasteiger partial charge in [0.25, 0.3) is 5.91 Å². The van der Waals surface area contributed by atoms with Crippen LogP contribution < -0.4 is 10.5 Å². The van der Waals surface area contributed by atoms with E-state index in [1.807, 2.05) is 20.8 Å². The quantitative estimate of drug-likeness (QED) is 0.447. The molecular weight excluding hydrogens is 449 g/mol. The molecule has 1 aliphatic rings. The maximum Gasteiger partial charge on any atom is 0.264 e. The molecule has 10 heteroatoms. The number of aromatic nitrogens is 4. The number of benzene rings is 1. The molecule has 1 saturated heterocycles. The van der Waals surface area contributed by atoms with E-state index in [2.05, 4.69) is 16.0 Å². The molecule has 182 valence electrons. The van der Waals surface area contributed by atoms with Gasteiger partial charge in [0.1, 0.15) is 29.5 Å². The van der Waals surface area contributed by atoms with Crippen molar-refractivity contribution >= 4 is 22.8 Å². The van der Waals surface area contributed by atoms with Crippen LogP contribution in [0.1, 0.15) is 39.7 Å². The van der Waals surface area contributed by atoms with Gasteiger partial charge in [0, 0.05) is 18.7 Å². The van der Waals surface area contributed by atoms with Crippen LogP contribution in [0, 0.1) is 22.6 Å². The Labute approximate surface area is 203 Å². The number of carbonyl (C=O) groups excluding carboxylic acids is 1. The molecule has 1 fully saturated rings. The summed E-state index contributed by atoms with van der Waals surface area (Å²) < 4.78 is 20.9. The molecule has 1 atom stereocenters. The number of hydrogen-bond acceptors (Lipinski definition) is 7. The van der Waals surface area contributed by atoms with Crippen LogP contribution in [-0.4, -0.2) is 50.8 Å². The number of ether oxygens (including phenoxy) is 1. The van der Waals surface area contributed by atoms with Crippen LogP contribution in [0.5, 0.6) is 5.75 Å². The number of nitriles is 1. The van der Waals surface area contributed by atoms with Crippen molar-refractivity contribution < 1.29 is 13.9 Å². The molecule has 1 amide bonds. The highest BCUT2D eigenvalue weighted by molar-refractivity contribution is 5.99. The van der Waals surface area contributed by atoms with E-state index in [4.69, 9.17) is 15.6 Å². The van der Waals surface area contributed by atoms with Crippen molar-refractivity contribution in [3.63, 3.8) is 0 Å². The zero-order valence-electron chi connectivity index (χ0n) is 20.2. The molecule has 0 spiro atoms. The first kappa shape index (κ1) is 24.1. The molecule has 0 aliphatic carbocycles. The normalized spacial score (nSPS) is 16.9. The molecule has 9 nitrogen and oxygen atoms in total. The highest BCUT2D eigenvalue weighted by Gasteiger charge is 2.30. The van der Waals surface area contributed by atoms with E-state index in [1.165, 1.54) is 19.5 Å². The van der Waals surface area contributed by atoms with Gasteiger partial charge in [-0.1, -0.05) is 26.8 Å². The summed E-state index contributed by atoms with van der Waals surface area (Å²) in [5.74, 6) is -0.434. The lowest BCUT2D eigenvalue weighted by Gasteiger charge is -2.33. The summed E-state index contributed by atoms with van der Waals surface area (Å²) in [5, 5.41) is 14.9. The van der Waals surface area contributed by atoms with Gasteiger partial charge in [-0.05, 0) is 36.5 Å². The largest absolute Gasteiger partial charge is 0.494 e. The van der Waals surface area contributed by atoms with E-state index in [0.717, 1.165) is 12.8 Å². The number of fused-ring (bicyclic) bond motifs is 1. The Balaban J connectivity index is 1.74. The van der Waals surface area contributed by atoms with E-state index in [1.54, 1.807) is 27.8 Å². The van der Waals surface area contributed by atoms with Crippen LogP contribution in [0.4, 0.5) is 10.2 Å². The minimum atomic E-state index is -0.484. The van der Waals surface area contributed by atoms with Gasteiger partial charge in [-0.25, -0.2) is 19.0 Å². The topological polar surface area (TPSA) is 123 Å². The summed E-state index contributed by atoms with van der Waals surface area (Å²) in [7, 11) is 1.40. The van der Waals surface area contributed by atoms with Gasteiger partial charge < -0.3 is 15.4 Å². The SMILES string of the molecule is COc1cc(-c2nn(C3CCCN(C(=O)C(C#N)=CC(C)(C)C)C3)c3ncnc(N)c23)ccc1F. The Kier molecular flexibility index (Phi) is 6.43. The number of hydrogen-bond donors (Lipinski definition) is 1. The fourth-order valence-electron chi connectivity index (χ4n) is 4.34. The Bertz CT molecular complexity index is 1350. The fraction of sp³-hybridized carbons (Fsp3) is 0.400. The van der Waals surface area contributed by atoms with E-state index >= 15 is 0 Å². The maximum absolute atomic E-state index is 14.0. The molecule has 0 radical (unpaired) electrons. The molecule has 0 bridgehead atoms. The van der Waals surface area contributed by atoms with Crippen molar-refractivity contribution in [2.45, 2.75) is 39.7 Å². The van der Waals surface area contributed by atoms with Gasteiger partial charge in [0.2, 0.25) is 0 Å². The third-order valence-electron chi connectivity index (χ3n) is 5.90. The van der Waals surface area contributed by atoms with Gasteiger partial charge >= 0.3 is 0 Å². The molecule has 1 aromatic carbocycles. The Morgan fingerprint density at radius 2 is 2.11 bits per heavy atom. The Morgan fingerprint density at radius 1 is 1.34 bits per heavy atom. The fourth-order valence-corrected chi connectivity index (χ4v) is 4.34.